The Bertz CT molecular complexity index is 480. The molecule has 1 unspecified atom stereocenters. The molecule has 2 aliphatic heterocycles. The van der Waals surface area contributed by atoms with Gasteiger partial charge in [0.15, 0.2) is 0 Å². The summed E-state index contributed by atoms with van der Waals surface area (Å²) in [7, 11) is 0. The van der Waals surface area contributed by atoms with Crippen LogP contribution in [0.15, 0.2) is 0 Å². The zero-order valence-corrected chi connectivity index (χ0v) is 17.3. The van der Waals surface area contributed by atoms with Crippen molar-refractivity contribution in [3.8, 4) is 0 Å². The van der Waals surface area contributed by atoms with Crippen molar-refractivity contribution >= 4 is 52.1 Å². The topological polar surface area (TPSA) is 99.3 Å². The van der Waals surface area contributed by atoms with Gasteiger partial charge >= 0.3 is 6.03 Å². The molecule has 9 heteroatoms. The molecule has 0 aromatic carbocycles. The lowest BCUT2D eigenvalue weighted by Gasteiger charge is -2.16. The summed E-state index contributed by atoms with van der Waals surface area (Å²) in [6.07, 6.45) is 4.00. The number of carbonyl (C=O) groups is 3. The summed E-state index contributed by atoms with van der Waals surface area (Å²) in [5.74, 6) is 1.31. The van der Waals surface area contributed by atoms with E-state index in [0.29, 0.717) is 42.2 Å². The average Bonchev–Trinajstić information content (AvgIpc) is 3.14. The standard InChI is InChI=1S/C16H27IN4O3S/c17-9-11(22)5-6-18-7-8-19-14(23)4-2-1-3-13-15-12(10-25-13)20-16(24)21-15/h12-13,15,18H,1-10H2,(H,19,23)(H2,20,21,24)/t12-,13?,15-/m0/s1. The molecule has 2 rings (SSSR count). The van der Waals surface area contributed by atoms with Crippen LogP contribution in [0.5, 0.6) is 0 Å². The van der Waals surface area contributed by atoms with Gasteiger partial charge in [0.2, 0.25) is 5.91 Å². The fraction of sp³-hybridized carbons (Fsp3) is 0.812. The third-order valence-electron chi connectivity index (χ3n) is 4.43. The maximum absolute atomic E-state index is 11.8. The summed E-state index contributed by atoms with van der Waals surface area (Å²) in [5.41, 5.74) is 0. The quantitative estimate of drug-likeness (QED) is 0.143. The first-order valence-corrected chi connectivity index (χ1v) is 11.4. The van der Waals surface area contributed by atoms with Crippen molar-refractivity contribution in [2.24, 2.45) is 0 Å². The number of nitrogens with one attached hydrogen (secondary N) is 4. The molecule has 3 atom stereocenters. The molecule has 7 nitrogen and oxygen atoms in total. The third kappa shape index (κ3) is 7.30. The molecule has 25 heavy (non-hydrogen) atoms. The molecule has 0 radical (unpaired) electrons. The molecule has 4 N–H and O–H groups in total. The normalized spacial score (nSPS) is 24.5. The lowest BCUT2D eigenvalue weighted by molar-refractivity contribution is -0.121. The smallest absolute Gasteiger partial charge is 0.315 e. The Labute approximate surface area is 166 Å². The Hall–Kier alpha value is -0.550. The summed E-state index contributed by atoms with van der Waals surface area (Å²) < 4.78 is 0.555. The first-order valence-electron chi connectivity index (χ1n) is 8.84. The Morgan fingerprint density at radius 3 is 2.80 bits per heavy atom. The molecule has 2 heterocycles. The monoisotopic (exact) mass is 482 g/mol. The van der Waals surface area contributed by atoms with Crippen LogP contribution in [0, 0.1) is 0 Å². The number of amides is 3. The van der Waals surface area contributed by atoms with Gasteiger partial charge in [0.25, 0.3) is 0 Å². The van der Waals surface area contributed by atoms with E-state index in [1.54, 1.807) is 0 Å². The fourth-order valence-electron chi connectivity index (χ4n) is 3.07. The first kappa shape index (κ1) is 20.8. The van der Waals surface area contributed by atoms with Crippen LogP contribution in [0.25, 0.3) is 0 Å². The maximum atomic E-state index is 11.8. The van der Waals surface area contributed by atoms with E-state index in [9.17, 15) is 14.4 Å². The van der Waals surface area contributed by atoms with Crippen LogP contribution in [0.1, 0.15) is 32.1 Å². The van der Waals surface area contributed by atoms with Gasteiger partial charge in [-0.05, 0) is 12.8 Å². The molecule has 0 saturated carbocycles. The zero-order valence-electron chi connectivity index (χ0n) is 14.3. The van der Waals surface area contributed by atoms with Gasteiger partial charge in [0.05, 0.1) is 16.5 Å². The number of unbranched alkanes of at least 4 members (excludes halogenated alkanes) is 1. The number of Topliss-reactive ketones (excluding diaryl/α,β-unsaturated/α-hetero) is 1. The van der Waals surface area contributed by atoms with Gasteiger partial charge in [-0.2, -0.15) is 11.8 Å². The first-order chi connectivity index (χ1) is 12.1. The number of halogens is 1. The largest absolute Gasteiger partial charge is 0.355 e. The number of fused-ring (bicyclic) bond motifs is 1. The van der Waals surface area contributed by atoms with Gasteiger partial charge in [-0.15, -0.1) is 0 Å². The number of urea groups is 1. The molecular weight excluding hydrogens is 455 g/mol. The predicted octanol–water partition coefficient (Wildman–Crippen LogP) is 0.812. The highest BCUT2D eigenvalue weighted by atomic mass is 127. The summed E-state index contributed by atoms with van der Waals surface area (Å²) in [4.78, 5) is 34.2. The highest BCUT2D eigenvalue weighted by molar-refractivity contribution is 14.1. The molecule has 0 aromatic rings. The van der Waals surface area contributed by atoms with Crippen molar-refractivity contribution in [1.29, 1.82) is 0 Å². The van der Waals surface area contributed by atoms with E-state index in [0.717, 1.165) is 25.0 Å². The number of thioether (sulfide) groups is 1. The van der Waals surface area contributed by atoms with E-state index in [-0.39, 0.29) is 29.8 Å². The Kier molecular flexibility index (Phi) is 9.32. The van der Waals surface area contributed by atoms with Crippen molar-refractivity contribution in [3.63, 3.8) is 0 Å². The number of rotatable bonds is 12. The highest BCUT2D eigenvalue weighted by Gasteiger charge is 2.42. The molecular formula is C16H27IN4O3S. The van der Waals surface area contributed by atoms with Crippen LogP contribution in [0.2, 0.25) is 0 Å². The van der Waals surface area contributed by atoms with Crippen LogP contribution >= 0.6 is 34.4 Å². The van der Waals surface area contributed by atoms with E-state index < -0.39 is 0 Å². The van der Waals surface area contributed by atoms with E-state index in [1.165, 1.54) is 0 Å². The average molecular weight is 482 g/mol. The fourth-order valence-corrected chi connectivity index (χ4v) is 5.00. The van der Waals surface area contributed by atoms with Gasteiger partial charge in [-0.1, -0.05) is 29.0 Å². The molecule has 0 aromatic heterocycles. The van der Waals surface area contributed by atoms with Gasteiger partial charge in [-0.25, -0.2) is 4.79 Å². The Morgan fingerprint density at radius 1 is 1.16 bits per heavy atom. The summed E-state index contributed by atoms with van der Waals surface area (Å²) in [6, 6.07) is 0.467. The minimum absolute atomic E-state index is 0.0491. The summed E-state index contributed by atoms with van der Waals surface area (Å²) >= 11 is 3.98. The summed E-state index contributed by atoms with van der Waals surface area (Å²) in [6.45, 7) is 1.95. The van der Waals surface area contributed by atoms with E-state index >= 15 is 0 Å². The number of alkyl halides is 1. The van der Waals surface area contributed by atoms with E-state index in [2.05, 4.69) is 43.9 Å². The number of carbonyl (C=O) groups excluding carboxylic acids is 3. The minimum Gasteiger partial charge on any atom is -0.355 e. The molecule has 0 aliphatic carbocycles. The molecule has 2 aliphatic rings. The Balaban J connectivity index is 1.44. The zero-order chi connectivity index (χ0) is 18.1. The van der Waals surface area contributed by atoms with Gasteiger partial charge < -0.3 is 21.3 Å². The molecule has 0 spiro atoms. The van der Waals surface area contributed by atoms with Crippen LogP contribution in [0.3, 0.4) is 0 Å². The lowest BCUT2D eigenvalue weighted by atomic mass is 10.0. The second-order valence-electron chi connectivity index (χ2n) is 6.39. The molecule has 0 bridgehead atoms. The van der Waals surface area contributed by atoms with Crippen LogP contribution in [-0.4, -0.2) is 64.9 Å². The highest BCUT2D eigenvalue weighted by Crippen LogP contribution is 2.33. The van der Waals surface area contributed by atoms with Crippen molar-refractivity contribution in [2.75, 3.05) is 29.8 Å². The van der Waals surface area contributed by atoms with Crippen LogP contribution < -0.4 is 21.3 Å². The SMILES string of the molecule is O=C(CI)CCNCCNC(=O)CCCCC1SC[C@@H]2NC(=O)N[C@H]12. The lowest BCUT2D eigenvalue weighted by Crippen LogP contribution is -2.36. The van der Waals surface area contributed by atoms with Gasteiger partial charge in [-0.3, -0.25) is 9.59 Å². The molecule has 3 amide bonds. The Morgan fingerprint density at radius 2 is 2.00 bits per heavy atom. The van der Waals surface area contributed by atoms with Crippen molar-refractivity contribution < 1.29 is 14.4 Å². The molecule has 2 fully saturated rings. The van der Waals surface area contributed by atoms with Gasteiger partial charge in [0.1, 0.15) is 5.78 Å². The second-order valence-corrected chi connectivity index (χ2v) is 8.42. The molecule has 142 valence electrons. The van der Waals surface area contributed by atoms with Crippen molar-refractivity contribution in [3.05, 3.63) is 0 Å². The second kappa shape index (κ2) is 11.2. The summed E-state index contributed by atoms with van der Waals surface area (Å²) in [5, 5.41) is 12.4. The van der Waals surface area contributed by atoms with Crippen molar-refractivity contribution in [1.82, 2.24) is 21.3 Å². The van der Waals surface area contributed by atoms with E-state index in [1.807, 2.05) is 11.8 Å². The predicted molar refractivity (Wildman–Crippen MR) is 108 cm³/mol. The van der Waals surface area contributed by atoms with E-state index in [4.69, 9.17) is 0 Å². The molecule has 2 saturated heterocycles. The minimum atomic E-state index is -0.0491. The van der Waals surface area contributed by atoms with Crippen LogP contribution in [0.4, 0.5) is 4.79 Å². The number of hydrogen-bond acceptors (Lipinski definition) is 5. The maximum Gasteiger partial charge on any atom is 0.315 e. The number of hydrogen-bond donors (Lipinski definition) is 4. The van der Waals surface area contributed by atoms with Crippen molar-refractivity contribution in [2.45, 2.75) is 49.4 Å². The third-order valence-corrected chi connectivity index (χ3v) is 6.79. The number of ketones is 1. The van der Waals surface area contributed by atoms with Crippen LogP contribution in [-0.2, 0) is 9.59 Å². The van der Waals surface area contributed by atoms with Gasteiger partial charge in [0, 0.05) is 43.5 Å².